The molecule has 0 unspecified atom stereocenters. The molecule has 0 aliphatic rings. The summed E-state index contributed by atoms with van der Waals surface area (Å²) in [5.74, 6) is 0. The summed E-state index contributed by atoms with van der Waals surface area (Å²) in [6.07, 6.45) is 3.04. The van der Waals surface area contributed by atoms with Crippen LogP contribution < -0.4 is 5.19 Å². The fourth-order valence-electron chi connectivity index (χ4n) is 4.44. The maximum absolute atomic E-state index is 7.99. The van der Waals surface area contributed by atoms with Crippen molar-refractivity contribution in [3.8, 4) is 22.5 Å². The van der Waals surface area contributed by atoms with Crippen LogP contribution in [0.4, 0.5) is 0 Å². The number of aromatic nitrogens is 2. The molecule has 6 aromatic rings. The minimum atomic E-state index is -2.55. The Morgan fingerprint density at radius 1 is 0.897 bits per heavy atom. The molecule has 0 aliphatic carbocycles. The number of aryl methyl sites for hydroxylation is 3. The Hall–Kier alpha value is -3.37. The zero-order valence-electron chi connectivity index (χ0n) is 28.2. The molecule has 0 saturated heterocycles. The molecule has 0 amide bonds. The van der Waals surface area contributed by atoms with Crippen molar-refractivity contribution in [2.24, 2.45) is 0 Å². The summed E-state index contributed by atoms with van der Waals surface area (Å²) in [6.45, 7) is 3.75. The molecule has 6 rings (SSSR count). The fraction of sp³-hybridized carbons (Fsp3) is 0.176. The number of nitrogens with zero attached hydrogens (tertiary/aromatic N) is 2. The van der Waals surface area contributed by atoms with E-state index < -0.39 is 21.8 Å². The van der Waals surface area contributed by atoms with Gasteiger partial charge in [-0.25, -0.2) is 0 Å². The van der Waals surface area contributed by atoms with Crippen LogP contribution in [0.5, 0.6) is 0 Å². The van der Waals surface area contributed by atoms with Crippen molar-refractivity contribution in [2.75, 3.05) is 0 Å². The van der Waals surface area contributed by atoms with Crippen molar-refractivity contribution in [1.29, 1.82) is 0 Å². The van der Waals surface area contributed by atoms with E-state index in [0.29, 0.717) is 16.7 Å². The first-order valence-electron chi connectivity index (χ1n) is 15.4. The Labute approximate surface area is 254 Å². The Morgan fingerprint density at radius 2 is 1.72 bits per heavy atom. The molecule has 1 radical (unpaired) electrons. The molecule has 3 aromatic carbocycles. The van der Waals surface area contributed by atoms with Crippen LogP contribution >= 0.6 is 0 Å². The van der Waals surface area contributed by atoms with Crippen molar-refractivity contribution in [2.45, 2.75) is 40.3 Å². The van der Waals surface area contributed by atoms with Gasteiger partial charge < -0.3 is 14.4 Å². The standard InChI is InChI=1S/C22H22NOSi.C12H10N.Ir/c1-14-12-15(2)21(23-13-14)17-10-11-19(25(3,4)5)20-16-8-6-7-9-18(16)24-22(17)20;1-10-7-8-13-12(9-10)11-5-3-2-4-6-11;/h6-9,11-13H,1-5H3;2-5,7-9H,1H3;/q2*-1;/i1D3,2D3;;. The smallest absolute Gasteiger partial charge is 0.120 e. The molecule has 0 fully saturated rings. The van der Waals surface area contributed by atoms with Crippen LogP contribution in [0.2, 0.25) is 19.6 Å². The van der Waals surface area contributed by atoms with Crippen LogP contribution in [0.3, 0.4) is 0 Å². The summed E-state index contributed by atoms with van der Waals surface area (Å²) in [6, 6.07) is 29.1. The summed E-state index contributed by atoms with van der Waals surface area (Å²) in [5, 5.41) is 3.06. The van der Waals surface area contributed by atoms with Gasteiger partial charge in [0, 0.05) is 54.2 Å². The van der Waals surface area contributed by atoms with Gasteiger partial charge in [0.1, 0.15) is 5.58 Å². The summed E-state index contributed by atoms with van der Waals surface area (Å²) < 4.78 is 53.1. The summed E-state index contributed by atoms with van der Waals surface area (Å²) >= 11 is 0. The van der Waals surface area contributed by atoms with Crippen molar-refractivity contribution < 1.29 is 32.7 Å². The molecule has 199 valence electrons. The summed E-state index contributed by atoms with van der Waals surface area (Å²) in [5.41, 5.74) is 4.85. The van der Waals surface area contributed by atoms with Gasteiger partial charge in [0.05, 0.1) is 5.58 Å². The Bertz CT molecular complexity index is 1950. The third-order valence-electron chi connectivity index (χ3n) is 6.29. The molecule has 0 spiro atoms. The van der Waals surface area contributed by atoms with Gasteiger partial charge in [-0.15, -0.1) is 53.2 Å². The Balaban J connectivity index is 0.000000275. The van der Waals surface area contributed by atoms with E-state index in [1.807, 2.05) is 66.9 Å². The largest absolute Gasteiger partial charge is 0.501 e. The number of rotatable bonds is 3. The average Bonchev–Trinajstić information content (AvgIpc) is 3.35. The molecule has 3 heterocycles. The molecular formula is C34H32IrN2OSi-2. The van der Waals surface area contributed by atoms with Crippen LogP contribution in [-0.2, 0) is 20.1 Å². The molecule has 0 aliphatic heterocycles. The van der Waals surface area contributed by atoms with E-state index in [1.54, 1.807) is 0 Å². The van der Waals surface area contributed by atoms with Gasteiger partial charge in [-0.1, -0.05) is 72.0 Å². The predicted octanol–water partition coefficient (Wildman–Crippen LogP) is 8.46. The number of benzene rings is 3. The van der Waals surface area contributed by atoms with E-state index in [4.69, 9.17) is 12.6 Å². The first-order chi connectivity index (χ1) is 20.6. The third-order valence-corrected chi connectivity index (χ3v) is 8.30. The molecule has 0 bridgehead atoms. The summed E-state index contributed by atoms with van der Waals surface area (Å²) in [7, 11) is -1.78. The first-order valence-corrected chi connectivity index (χ1v) is 15.9. The second-order valence-electron chi connectivity index (χ2n) is 10.2. The van der Waals surface area contributed by atoms with E-state index in [9.17, 15) is 0 Å². The minimum absolute atomic E-state index is 0. The molecule has 3 nitrogen and oxygen atoms in total. The monoisotopic (exact) mass is 711 g/mol. The quantitative estimate of drug-likeness (QED) is 0.137. The van der Waals surface area contributed by atoms with Crippen molar-refractivity contribution in [3.05, 3.63) is 114 Å². The van der Waals surface area contributed by atoms with Gasteiger partial charge >= 0.3 is 0 Å². The van der Waals surface area contributed by atoms with Crippen LogP contribution in [0.1, 0.15) is 24.9 Å². The molecule has 0 N–H and O–H groups in total. The van der Waals surface area contributed by atoms with Crippen LogP contribution in [0.25, 0.3) is 44.5 Å². The number of hydrogen-bond acceptors (Lipinski definition) is 3. The average molecular weight is 711 g/mol. The van der Waals surface area contributed by atoms with Gasteiger partial charge in [-0.3, -0.25) is 0 Å². The van der Waals surface area contributed by atoms with Gasteiger partial charge in [0.15, 0.2) is 0 Å². The number of fused-ring (bicyclic) bond motifs is 3. The van der Waals surface area contributed by atoms with E-state index in [0.717, 1.165) is 27.2 Å². The second-order valence-corrected chi connectivity index (χ2v) is 15.3. The fourth-order valence-corrected chi connectivity index (χ4v) is 5.94. The van der Waals surface area contributed by atoms with E-state index in [1.165, 1.54) is 17.8 Å². The Kier molecular flexibility index (Phi) is 6.48. The molecular weight excluding hydrogens is 673 g/mol. The number of furan rings is 1. The molecule has 0 atom stereocenters. The van der Waals surface area contributed by atoms with Crippen molar-refractivity contribution in [1.82, 2.24) is 9.97 Å². The zero-order valence-corrected chi connectivity index (χ0v) is 25.6. The first kappa shape index (κ1) is 21.4. The van der Waals surface area contributed by atoms with E-state index in [-0.39, 0.29) is 36.9 Å². The number of pyridine rings is 2. The van der Waals surface area contributed by atoms with Crippen LogP contribution in [0.15, 0.2) is 89.6 Å². The Morgan fingerprint density at radius 3 is 2.44 bits per heavy atom. The van der Waals surface area contributed by atoms with Gasteiger partial charge in [-0.05, 0) is 49.7 Å². The van der Waals surface area contributed by atoms with E-state index in [2.05, 4.69) is 54.7 Å². The maximum Gasteiger partial charge on any atom is 0.120 e. The molecule has 39 heavy (non-hydrogen) atoms. The molecule has 0 saturated carbocycles. The van der Waals surface area contributed by atoms with Gasteiger partial charge in [0.25, 0.3) is 0 Å². The molecule has 5 heteroatoms. The molecule has 3 aromatic heterocycles. The normalized spacial score (nSPS) is 14.1. The van der Waals surface area contributed by atoms with Gasteiger partial charge in [0.2, 0.25) is 0 Å². The van der Waals surface area contributed by atoms with Crippen LogP contribution in [-0.4, -0.2) is 18.0 Å². The number of para-hydroxylation sites is 1. The predicted molar refractivity (Wildman–Crippen MR) is 161 cm³/mol. The second kappa shape index (κ2) is 11.8. The summed E-state index contributed by atoms with van der Waals surface area (Å²) in [4.78, 5) is 8.57. The topological polar surface area (TPSA) is 38.9 Å². The van der Waals surface area contributed by atoms with Crippen LogP contribution in [0, 0.1) is 32.8 Å². The van der Waals surface area contributed by atoms with Crippen molar-refractivity contribution >= 4 is 35.2 Å². The maximum atomic E-state index is 7.99. The number of hydrogen-bond donors (Lipinski definition) is 0. The van der Waals surface area contributed by atoms with Crippen molar-refractivity contribution in [3.63, 3.8) is 0 Å². The van der Waals surface area contributed by atoms with E-state index >= 15 is 0 Å². The SMILES string of the molecule is Cc1ccnc(-c2[c-]cccc2)c1.[2H]C([2H])([2H])c1cnc(-c2[c-]cc([Si](C)(C)C)c3c2oc2ccccc23)c(C([2H])([2H])[2H])c1.[Ir]. The minimum Gasteiger partial charge on any atom is -0.501 e. The van der Waals surface area contributed by atoms with Gasteiger partial charge in [-0.2, -0.15) is 0 Å². The third kappa shape index (κ3) is 6.12. The zero-order chi connectivity index (χ0) is 31.9.